The standard InChI is InChI=1S/C20H21N3O5/c1-2-28-20(26)15-11-27-10-9-23(15)19(25)16-14-8-7-12-5-3-4-6-13(12)17(14)21-22-18(16)24/h3-6,15H,2,7-11H2,1H3,(H,22,24). The summed E-state index contributed by atoms with van der Waals surface area (Å²) in [7, 11) is 0. The largest absolute Gasteiger partial charge is 0.464 e. The number of hydrogen-bond acceptors (Lipinski definition) is 6. The van der Waals surface area contributed by atoms with Crippen LogP contribution in [0.2, 0.25) is 0 Å². The Hall–Kier alpha value is -3.00. The Kier molecular flexibility index (Phi) is 4.95. The molecule has 8 nitrogen and oxygen atoms in total. The molecule has 0 bridgehead atoms. The number of fused-ring (bicyclic) bond motifs is 3. The van der Waals surface area contributed by atoms with Crippen molar-refractivity contribution in [2.75, 3.05) is 26.4 Å². The number of morpholine rings is 1. The lowest BCUT2D eigenvalue weighted by atomic mass is 9.87. The number of carbonyl (C=O) groups excluding carboxylic acids is 2. The number of nitrogens with zero attached hydrogens (tertiary/aromatic N) is 2. The third-order valence-electron chi connectivity index (χ3n) is 5.16. The van der Waals surface area contributed by atoms with Gasteiger partial charge in [-0.25, -0.2) is 9.89 Å². The van der Waals surface area contributed by atoms with Crippen LogP contribution >= 0.6 is 0 Å². The second-order valence-corrected chi connectivity index (χ2v) is 6.75. The third kappa shape index (κ3) is 3.09. The first-order valence-electron chi connectivity index (χ1n) is 9.37. The summed E-state index contributed by atoms with van der Waals surface area (Å²) in [6.07, 6.45) is 1.26. The van der Waals surface area contributed by atoms with Crippen molar-refractivity contribution in [3.05, 3.63) is 51.3 Å². The van der Waals surface area contributed by atoms with E-state index in [1.165, 1.54) is 4.90 Å². The second kappa shape index (κ2) is 7.55. The number of amides is 1. The van der Waals surface area contributed by atoms with Crippen molar-refractivity contribution in [3.63, 3.8) is 0 Å². The Morgan fingerprint density at radius 1 is 1.32 bits per heavy atom. The van der Waals surface area contributed by atoms with E-state index >= 15 is 0 Å². The van der Waals surface area contributed by atoms with E-state index in [2.05, 4.69) is 10.2 Å². The number of aryl methyl sites for hydroxylation is 1. The van der Waals surface area contributed by atoms with Crippen molar-refractivity contribution in [2.45, 2.75) is 25.8 Å². The van der Waals surface area contributed by atoms with Gasteiger partial charge in [-0.15, -0.1) is 0 Å². The van der Waals surface area contributed by atoms with E-state index in [-0.39, 0.29) is 25.3 Å². The number of carbonyl (C=O) groups is 2. The maximum absolute atomic E-state index is 13.3. The van der Waals surface area contributed by atoms with Crippen molar-refractivity contribution in [1.29, 1.82) is 0 Å². The summed E-state index contributed by atoms with van der Waals surface area (Å²) >= 11 is 0. The van der Waals surface area contributed by atoms with Crippen LogP contribution in [-0.4, -0.2) is 59.4 Å². The Bertz CT molecular complexity index is 984. The van der Waals surface area contributed by atoms with Crippen LogP contribution in [0.3, 0.4) is 0 Å². The molecule has 1 atom stereocenters. The lowest BCUT2D eigenvalue weighted by Crippen LogP contribution is -2.54. The second-order valence-electron chi connectivity index (χ2n) is 6.75. The van der Waals surface area contributed by atoms with Gasteiger partial charge in [0.2, 0.25) is 0 Å². The molecule has 146 valence electrons. The molecule has 1 amide bonds. The predicted molar refractivity (Wildman–Crippen MR) is 100.0 cm³/mol. The molecule has 0 spiro atoms. The van der Waals surface area contributed by atoms with Gasteiger partial charge in [0.15, 0.2) is 6.04 Å². The predicted octanol–water partition coefficient (Wildman–Crippen LogP) is 0.940. The zero-order valence-electron chi connectivity index (χ0n) is 15.6. The van der Waals surface area contributed by atoms with E-state index in [0.29, 0.717) is 24.3 Å². The highest BCUT2D eigenvalue weighted by atomic mass is 16.5. The van der Waals surface area contributed by atoms with Gasteiger partial charge >= 0.3 is 5.97 Å². The summed E-state index contributed by atoms with van der Waals surface area (Å²) in [6, 6.07) is 6.95. The molecule has 2 aliphatic rings. The van der Waals surface area contributed by atoms with E-state index in [1.807, 2.05) is 24.3 Å². The number of hydrogen-bond donors (Lipinski definition) is 1. The molecule has 8 heteroatoms. The van der Waals surface area contributed by atoms with E-state index < -0.39 is 23.5 Å². The lowest BCUT2D eigenvalue weighted by Gasteiger charge is -2.34. The summed E-state index contributed by atoms with van der Waals surface area (Å²) in [4.78, 5) is 39.6. The number of ether oxygens (including phenoxy) is 2. The average Bonchev–Trinajstić information content (AvgIpc) is 2.73. The molecule has 1 fully saturated rings. The van der Waals surface area contributed by atoms with Gasteiger partial charge in [0.05, 0.1) is 25.5 Å². The molecule has 2 aromatic rings. The van der Waals surface area contributed by atoms with Crippen LogP contribution in [-0.2, 0) is 27.1 Å². The summed E-state index contributed by atoms with van der Waals surface area (Å²) in [5.41, 5.74) is 2.79. The molecule has 1 aliphatic heterocycles. The zero-order chi connectivity index (χ0) is 19.7. The van der Waals surface area contributed by atoms with Crippen LogP contribution in [0.4, 0.5) is 0 Å². The van der Waals surface area contributed by atoms with Crippen molar-refractivity contribution < 1.29 is 19.1 Å². The molecule has 0 saturated carbocycles. The number of nitrogens with one attached hydrogen (secondary N) is 1. The first kappa shape index (κ1) is 18.4. The van der Waals surface area contributed by atoms with E-state index in [1.54, 1.807) is 6.92 Å². The first-order valence-corrected chi connectivity index (χ1v) is 9.37. The summed E-state index contributed by atoms with van der Waals surface area (Å²) in [6.45, 7) is 2.48. The molecule has 2 heterocycles. The molecule has 28 heavy (non-hydrogen) atoms. The summed E-state index contributed by atoms with van der Waals surface area (Å²) < 4.78 is 10.4. The van der Waals surface area contributed by atoms with Gasteiger partial charge in [0, 0.05) is 12.1 Å². The summed E-state index contributed by atoms with van der Waals surface area (Å²) in [5, 5.41) is 6.66. The number of rotatable bonds is 3. The number of aromatic amines is 1. The van der Waals surface area contributed by atoms with Gasteiger partial charge in [0.1, 0.15) is 5.56 Å². The Morgan fingerprint density at radius 3 is 2.96 bits per heavy atom. The third-order valence-corrected chi connectivity index (χ3v) is 5.16. The smallest absolute Gasteiger partial charge is 0.331 e. The van der Waals surface area contributed by atoms with Crippen molar-refractivity contribution in [1.82, 2.24) is 15.1 Å². The molecule has 1 aliphatic carbocycles. The minimum absolute atomic E-state index is 0.0516. The minimum atomic E-state index is -0.861. The molecule has 4 rings (SSSR count). The zero-order valence-corrected chi connectivity index (χ0v) is 15.6. The van der Waals surface area contributed by atoms with Crippen LogP contribution in [0, 0.1) is 0 Å². The number of aromatic nitrogens is 2. The van der Waals surface area contributed by atoms with E-state index in [9.17, 15) is 14.4 Å². The summed E-state index contributed by atoms with van der Waals surface area (Å²) in [5.74, 6) is -1.01. The van der Waals surface area contributed by atoms with Crippen LogP contribution in [0.15, 0.2) is 29.1 Å². The average molecular weight is 383 g/mol. The molecule has 1 saturated heterocycles. The van der Waals surface area contributed by atoms with E-state index in [4.69, 9.17) is 9.47 Å². The molecule has 1 N–H and O–H groups in total. The number of esters is 1. The lowest BCUT2D eigenvalue weighted by molar-refractivity contribution is -0.153. The van der Waals surface area contributed by atoms with Crippen LogP contribution in [0.25, 0.3) is 11.3 Å². The van der Waals surface area contributed by atoms with Crippen molar-refractivity contribution >= 4 is 11.9 Å². The van der Waals surface area contributed by atoms with Crippen LogP contribution in [0.5, 0.6) is 0 Å². The van der Waals surface area contributed by atoms with Gasteiger partial charge in [-0.1, -0.05) is 24.3 Å². The van der Waals surface area contributed by atoms with Gasteiger partial charge in [0.25, 0.3) is 11.5 Å². The van der Waals surface area contributed by atoms with Gasteiger partial charge in [-0.05, 0) is 30.9 Å². The molecule has 0 radical (unpaired) electrons. The first-order chi connectivity index (χ1) is 13.6. The maximum Gasteiger partial charge on any atom is 0.331 e. The van der Waals surface area contributed by atoms with Crippen molar-refractivity contribution in [2.24, 2.45) is 0 Å². The van der Waals surface area contributed by atoms with Gasteiger partial charge in [-0.3, -0.25) is 9.59 Å². The highest BCUT2D eigenvalue weighted by molar-refractivity contribution is 5.99. The van der Waals surface area contributed by atoms with Crippen LogP contribution < -0.4 is 5.56 Å². The number of benzene rings is 1. The molecule has 1 aromatic carbocycles. The molecular weight excluding hydrogens is 362 g/mol. The molecule has 1 aromatic heterocycles. The van der Waals surface area contributed by atoms with Gasteiger partial charge < -0.3 is 14.4 Å². The Balaban J connectivity index is 1.76. The van der Waals surface area contributed by atoms with Crippen molar-refractivity contribution in [3.8, 4) is 11.3 Å². The normalized spacial score (nSPS) is 18.2. The highest BCUT2D eigenvalue weighted by Crippen LogP contribution is 2.32. The highest BCUT2D eigenvalue weighted by Gasteiger charge is 2.37. The quantitative estimate of drug-likeness (QED) is 0.792. The molecular formula is C20H21N3O5. The maximum atomic E-state index is 13.3. The fourth-order valence-electron chi connectivity index (χ4n) is 3.83. The Labute approximate surface area is 161 Å². The topological polar surface area (TPSA) is 102 Å². The van der Waals surface area contributed by atoms with Gasteiger partial charge in [-0.2, -0.15) is 5.10 Å². The monoisotopic (exact) mass is 383 g/mol. The van der Waals surface area contributed by atoms with E-state index in [0.717, 1.165) is 17.5 Å². The van der Waals surface area contributed by atoms with Crippen LogP contribution in [0.1, 0.15) is 28.4 Å². The fourth-order valence-corrected chi connectivity index (χ4v) is 3.83. The SMILES string of the molecule is CCOC(=O)C1COCCN1C(=O)c1c2c(n[nH]c1=O)-c1ccccc1CC2. The fraction of sp³-hybridized carbons (Fsp3) is 0.400. The Morgan fingerprint density at radius 2 is 2.14 bits per heavy atom. The number of H-pyrrole nitrogens is 1. The minimum Gasteiger partial charge on any atom is -0.464 e. The molecule has 1 unspecified atom stereocenters.